The number of thioether (sulfide) groups is 1. The lowest BCUT2D eigenvalue weighted by Crippen LogP contribution is -2.16. The molecule has 6 nitrogen and oxygen atoms in total. The number of aryl methyl sites for hydroxylation is 1. The zero-order valence-corrected chi connectivity index (χ0v) is 13.1. The second kappa shape index (κ2) is 6.62. The number of aromatic nitrogens is 3. The van der Waals surface area contributed by atoms with E-state index in [0.717, 1.165) is 5.69 Å². The molecule has 1 aromatic carbocycles. The van der Waals surface area contributed by atoms with Gasteiger partial charge in [-0.05, 0) is 31.5 Å². The lowest BCUT2D eigenvalue weighted by atomic mass is 10.2. The molecule has 0 unspecified atom stereocenters. The van der Waals surface area contributed by atoms with Crippen molar-refractivity contribution in [2.45, 2.75) is 25.5 Å². The van der Waals surface area contributed by atoms with Crippen LogP contribution in [0.4, 0.5) is 11.6 Å². The molecule has 0 aliphatic heterocycles. The van der Waals surface area contributed by atoms with Crippen molar-refractivity contribution in [1.29, 1.82) is 0 Å². The average molecular weight is 306 g/mol. The highest BCUT2D eigenvalue weighted by atomic mass is 32.2. The molecule has 112 valence electrons. The van der Waals surface area contributed by atoms with Gasteiger partial charge in [-0.15, -0.1) is 10.2 Å². The number of hydrogen-bond acceptors (Lipinski definition) is 5. The number of anilines is 2. The summed E-state index contributed by atoms with van der Waals surface area (Å²) in [5.74, 6) is -0.179. The molecule has 2 aromatic rings. The van der Waals surface area contributed by atoms with Crippen LogP contribution in [-0.4, -0.2) is 38.6 Å². The predicted molar refractivity (Wildman–Crippen MR) is 83.3 cm³/mol. The van der Waals surface area contributed by atoms with Gasteiger partial charge in [0.15, 0.2) is 5.16 Å². The third kappa shape index (κ3) is 3.55. The van der Waals surface area contributed by atoms with Crippen LogP contribution < -0.4 is 4.90 Å². The smallest absolute Gasteiger partial charge is 0.313 e. The number of hydrogen-bond donors (Lipinski definition) is 1. The number of benzene rings is 1. The number of carboxylic acids is 1. The highest BCUT2D eigenvalue weighted by Crippen LogP contribution is 2.26. The van der Waals surface area contributed by atoms with Gasteiger partial charge in [0, 0.05) is 19.3 Å². The van der Waals surface area contributed by atoms with Gasteiger partial charge < -0.3 is 10.0 Å². The molecule has 0 atom stereocenters. The maximum absolute atomic E-state index is 10.7. The maximum Gasteiger partial charge on any atom is 0.313 e. The van der Waals surface area contributed by atoms with Gasteiger partial charge in [-0.1, -0.05) is 23.9 Å². The average Bonchev–Trinajstić information content (AvgIpc) is 2.87. The van der Waals surface area contributed by atoms with Gasteiger partial charge in [0.2, 0.25) is 5.95 Å². The molecular weight excluding hydrogens is 288 g/mol. The number of aliphatic carboxylic acids is 1. The number of carbonyl (C=O) groups is 1. The van der Waals surface area contributed by atoms with Gasteiger partial charge in [0.25, 0.3) is 0 Å². The van der Waals surface area contributed by atoms with Gasteiger partial charge in [-0.25, -0.2) is 0 Å². The zero-order valence-electron chi connectivity index (χ0n) is 12.3. The summed E-state index contributed by atoms with van der Waals surface area (Å²) >= 11 is 1.18. The monoisotopic (exact) mass is 306 g/mol. The van der Waals surface area contributed by atoms with Crippen molar-refractivity contribution in [3.8, 4) is 0 Å². The molecule has 0 bridgehead atoms. The van der Waals surface area contributed by atoms with Crippen molar-refractivity contribution in [2.24, 2.45) is 0 Å². The molecule has 0 amide bonds. The molecule has 1 N–H and O–H groups in total. The molecular formula is C14H18N4O2S. The first-order chi connectivity index (χ1) is 10.0. The summed E-state index contributed by atoms with van der Waals surface area (Å²) in [6, 6.07) is 8.11. The molecule has 0 fully saturated rings. The van der Waals surface area contributed by atoms with Gasteiger partial charge in [0.1, 0.15) is 0 Å². The standard InChI is InChI=1S/C14H18N4O2S/c1-4-18-13(15-16-14(18)21-9-12(19)20)17(3)11-7-5-6-10(2)8-11/h5-8H,4,9H2,1-3H3,(H,19,20). The van der Waals surface area contributed by atoms with Crippen LogP contribution in [-0.2, 0) is 11.3 Å². The molecule has 0 saturated heterocycles. The molecule has 0 radical (unpaired) electrons. The van der Waals surface area contributed by atoms with Gasteiger partial charge in [-0.2, -0.15) is 0 Å². The minimum Gasteiger partial charge on any atom is -0.481 e. The molecule has 21 heavy (non-hydrogen) atoms. The van der Waals surface area contributed by atoms with Crippen LogP contribution in [0.15, 0.2) is 29.4 Å². The van der Waals surface area contributed by atoms with Crippen molar-refractivity contribution < 1.29 is 9.90 Å². The van der Waals surface area contributed by atoms with E-state index in [-0.39, 0.29) is 5.75 Å². The van der Waals surface area contributed by atoms with E-state index in [2.05, 4.69) is 16.3 Å². The van der Waals surface area contributed by atoms with Crippen molar-refractivity contribution >= 4 is 29.4 Å². The van der Waals surface area contributed by atoms with Crippen LogP contribution in [0.3, 0.4) is 0 Å². The highest BCUT2D eigenvalue weighted by Gasteiger charge is 2.16. The fraction of sp³-hybridized carbons (Fsp3) is 0.357. The van der Waals surface area contributed by atoms with E-state index in [9.17, 15) is 4.79 Å². The quantitative estimate of drug-likeness (QED) is 0.827. The Morgan fingerprint density at radius 2 is 2.19 bits per heavy atom. The van der Waals surface area contributed by atoms with Crippen LogP contribution in [0.1, 0.15) is 12.5 Å². The molecule has 0 spiro atoms. The Bertz CT molecular complexity index is 642. The number of carboxylic acid groups (broad SMARTS) is 1. The molecule has 7 heteroatoms. The van der Waals surface area contributed by atoms with Crippen molar-refractivity contribution in [2.75, 3.05) is 17.7 Å². The van der Waals surface area contributed by atoms with Crippen molar-refractivity contribution in [3.05, 3.63) is 29.8 Å². The zero-order chi connectivity index (χ0) is 15.4. The summed E-state index contributed by atoms with van der Waals surface area (Å²) in [5.41, 5.74) is 2.19. The Kier molecular flexibility index (Phi) is 4.85. The Labute approximate surface area is 127 Å². The first-order valence-corrected chi connectivity index (χ1v) is 7.59. The lowest BCUT2D eigenvalue weighted by molar-refractivity contribution is -0.133. The van der Waals surface area contributed by atoms with E-state index in [1.165, 1.54) is 17.3 Å². The molecule has 0 aliphatic carbocycles. The Hall–Kier alpha value is -2.02. The summed E-state index contributed by atoms with van der Waals surface area (Å²) in [4.78, 5) is 12.6. The first-order valence-electron chi connectivity index (χ1n) is 6.61. The van der Waals surface area contributed by atoms with Crippen LogP contribution >= 0.6 is 11.8 Å². The summed E-state index contributed by atoms with van der Waals surface area (Å²) in [6.07, 6.45) is 0. The fourth-order valence-corrected chi connectivity index (χ4v) is 2.71. The van der Waals surface area contributed by atoms with E-state index in [1.807, 2.05) is 48.6 Å². The topological polar surface area (TPSA) is 71.2 Å². The van der Waals surface area contributed by atoms with Crippen molar-refractivity contribution in [3.63, 3.8) is 0 Å². The molecule has 0 aliphatic rings. The maximum atomic E-state index is 10.7. The van der Waals surface area contributed by atoms with E-state index >= 15 is 0 Å². The predicted octanol–water partition coefficient (Wildman–Crippen LogP) is 2.55. The Balaban J connectivity index is 2.29. The van der Waals surface area contributed by atoms with Crippen molar-refractivity contribution in [1.82, 2.24) is 14.8 Å². The third-order valence-corrected chi connectivity index (χ3v) is 3.98. The molecule has 2 rings (SSSR count). The Morgan fingerprint density at radius 1 is 1.43 bits per heavy atom. The van der Waals surface area contributed by atoms with Gasteiger partial charge in [-0.3, -0.25) is 9.36 Å². The minimum atomic E-state index is -0.862. The van der Waals surface area contributed by atoms with Gasteiger partial charge >= 0.3 is 5.97 Å². The lowest BCUT2D eigenvalue weighted by Gasteiger charge is -2.19. The third-order valence-electron chi connectivity index (χ3n) is 3.03. The number of rotatable bonds is 6. The van der Waals surface area contributed by atoms with Crippen LogP contribution in [0.2, 0.25) is 0 Å². The van der Waals surface area contributed by atoms with Crippen LogP contribution in [0.25, 0.3) is 0 Å². The SMILES string of the molecule is CCn1c(SCC(=O)O)nnc1N(C)c1cccc(C)c1. The fourth-order valence-electron chi connectivity index (χ4n) is 1.99. The molecule has 1 aromatic heterocycles. The van der Waals surface area contributed by atoms with E-state index < -0.39 is 5.97 Å². The normalized spacial score (nSPS) is 10.6. The molecule has 0 saturated carbocycles. The van der Waals surface area contributed by atoms with Crippen LogP contribution in [0.5, 0.6) is 0 Å². The second-order valence-electron chi connectivity index (χ2n) is 4.61. The summed E-state index contributed by atoms with van der Waals surface area (Å²) in [7, 11) is 1.93. The summed E-state index contributed by atoms with van der Waals surface area (Å²) < 4.78 is 1.91. The summed E-state index contributed by atoms with van der Waals surface area (Å²) in [5, 5.41) is 17.7. The highest BCUT2D eigenvalue weighted by molar-refractivity contribution is 7.99. The second-order valence-corrected chi connectivity index (χ2v) is 5.55. The van der Waals surface area contributed by atoms with E-state index in [0.29, 0.717) is 17.6 Å². The first kappa shape index (κ1) is 15.4. The largest absolute Gasteiger partial charge is 0.481 e. The molecule has 1 heterocycles. The number of nitrogens with zero attached hydrogens (tertiary/aromatic N) is 4. The van der Waals surface area contributed by atoms with E-state index in [4.69, 9.17) is 5.11 Å². The van der Waals surface area contributed by atoms with Crippen LogP contribution in [0, 0.1) is 6.92 Å². The Morgan fingerprint density at radius 3 is 2.81 bits per heavy atom. The summed E-state index contributed by atoms with van der Waals surface area (Å²) in [6.45, 7) is 4.71. The minimum absolute atomic E-state index is 0.0215. The van der Waals surface area contributed by atoms with Gasteiger partial charge in [0.05, 0.1) is 5.75 Å². The van der Waals surface area contributed by atoms with E-state index in [1.54, 1.807) is 0 Å².